The van der Waals surface area contributed by atoms with Gasteiger partial charge in [0.2, 0.25) is 0 Å². The highest BCUT2D eigenvalue weighted by Crippen LogP contribution is 2.66. The molecule has 2 aromatic rings. The molecule has 3 heterocycles. The van der Waals surface area contributed by atoms with Crippen LogP contribution in [-0.2, 0) is 51.7 Å². The first-order chi connectivity index (χ1) is 23.8. The maximum Gasteiger partial charge on any atom is 0.417 e. The first kappa shape index (κ1) is 35.6. The number of imidazole rings is 1. The van der Waals surface area contributed by atoms with Gasteiger partial charge in [-0.05, 0) is 49.8 Å². The second-order valence-corrected chi connectivity index (χ2v) is 14.1. The van der Waals surface area contributed by atoms with Crippen molar-refractivity contribution in [3.05, 3.63) is 66.0 Å². The van der Waals surface area contributed by atoms with Crippen molar-refractivity contribution in [1.29, 1.82) is 0 Å². The Morgan fingerprint density at radius 3 is 2.62 bits per heavy atom. The van der Waals surface area contributed by atoms with Gasteiger partial charge in [-0.15, -0.1) is 0 Å². The van der Waals surface area contributed by atoms with E-state index in [2.05, 4.69) is 9.97 Å². The van der Waals surface area contributed by atoms with E-state index in [1.807, 2.05) is 19.1 Å². The van der Waals surface area contributed by atoms with Gasteiger partial charge in [0.15, 0.2) is 6.10 Å². The monoisotopic (exact) mass is 695 g/mol. The number of aromatic nitrogens is 3. The van der Waals surface area contributed by atoms with Crippen molar-refractivity contribution in [2.45, 2.75) is 76.8 Å². The zero-order valence-electron chi connectivity index (χ0n) is 28.9. The van der Waals surface area contributed by atoms with Gasteiger partial charge >= 0.3 is 23.9 Å². The zero-order valence-corrected chi connectivity index (χ0v) is 28.9. The van der Waals surface area contributed by atoms with E-state index in [0.29, 0.717) is 17.0 Å². The number of ether oxygens (including phenoxy) is 5. The standard InChI is InChI=1S/C36H45N3O11/c1-17-12-18(2)36(45)21(9-10-23-26-27(28(23)36)29(40)19(3)31(26)50-32(41)24-8-7-11-38-24)13-25(46-6)33(42)49-30(17)20(4)48-35(44)34(43)47-15-22-14-37-16-39(22)5/h7-12,14,16-17,19-21,23,25-31,38,40,45H,13,15H2,1-6H3/b18-12+/t17-,19-,20-,21-,23?,25+,26+,27?,28?,29-,30+,31-,36+/m1/s1. The SMILES string of the molecule is CO[C@H]1C[C@H]2C=CC3C(C4[C@H]3[C@H](OC(=O)c3ccc[nH]3)[C@H](C)[C@H]4O)[C@]2(O)/C(C)=C/[C@@H](C)[C@@H]([C@@H](C)OC(=O)C(=O)OCc2cncn2C)OC1=O. The van der Waals surface area contributed by atoms with Gasteiger partial charge in [-0.3, -0.25) is 0 Å². The maximum atomic E-state index is 13.5. The van der Waals surface area contributed by atoms with Crippen molar-refractivity contribution in [2.24, 2.45) is 48.5 Å². The Balaban J connectivity index is 1.24. The number of aliphatic hydroxyl groups excluding tert-OH is 1. The first-order valence-electron chi connectivity index (χ1n) is 17.0. The van der Waals surface area contributed by atoms with Gasteiger partial charge in [-0.25, -0.2) is 24.2 Å². The van der Waals surface area contributed by atoms with E-state index >= 15 is 0 Å². The topological polar surface area (TPSA) is 188 Å². The Bertz CT molecular complexity index is 1670. The molecular formula is C36H45N3O11. The number of esters is 4. The number of aromatic amines is 1. The Morgan fingerprint density at radius 2 is 1.96 bits per heavy atom. The van der Waals surface area contributed by atoms with Gasteiger partial charge in [0.05, 0.1) is 29.9 Å². The number of cyclic esters (lactones) is 1. The van der Waals surface area contributed by atoms with Gasteiger partial charge in [-0.1, -0.05) is 32.1 Å². The second-order valence-electron chi connectivity index (χ2n) is 14.1. The van der Waals surface area contributed by atoms with E-state index in [1.165, 1.54) is 26.6 Å². The number of methoxy groups -OCH3 is 1. The summed E-state index contributed by atoms with van der Waals surface area (Å²) in [4.78, 5) is 58.5. The molecule has 2 fully saturated rings. The van der Waals surface area contributed by atoms with Crippen LogP contribution in [0, 0.1) is 41.4 Å². The Hall–Kier alpha value is -4.27. The number of carbonyl (C=O) groups is 4. The molecule has 3 N–H and O–H groups in total. The molecule has 3 unspecified atom stereocenters. The first-order valence-corrected chi connectivity index (χ1v) is 17.0. The van der Waals surface area contributed by atoms with Crippen LogP contribution in [0.2, 0.25) is 0 Å². The highest BCUT2D eigenvalue weighted by atomic mass is 16.6. The summed E-state index contributed by atoms with van der Waals surface area (Å²) in [5, 5.41) is 24.4. The third-order valence-electron chi connectivity index (χ3n) is 11.4. The van der Waals surface area contributed by atoms with Crippen molar-refractivity contribution >= 4 is 23.9 Å². The van der Waals surface area contributed by atoms with Gasteiger partial charge < -0.3 is 43.4 Å². The highest BCUT2D eigenvalue weighted by Gasteiger charge is 2.71. The van der Waals surface area contributed by atoms with Crippen LogP contribution in [0.3, 0.4) is 0 Å². The molecule has 50 heavy (non-hydrogen) atoms. The number of hydrogen-bond acceptors (Lipinski definition) is 12. The number of nitrogens with one attached hydrogen (secondary N) is 1. The minimum absolute atomic E-state index is 0.0701. The molecule has 0 radical (unpaired) electrons. The van der Waals surface area contributed by atoms with Crippen molar-refractivity contribution in [1.82, 2.24) is 14.5 Å². The number of allylic oxidation sites excluding steroid dienone is 1. The summed E-state index contributed by atoms with van der Waals surface area (Å²) in [6, 6.07) is 3.34. The molecule has 14 nitrogen and oxygen atoms in total. The summed E-state index contributed by atoms with van der Waals surface area (Å²) < 4.78 is 29.6. The van der Waals surface area contributed by atoms with Crippen LogP contribution in [0.1, 0.15) is 50.3 Å². The number of nitrogens with zero attached hydrogens (tertiary/aromatic N) is 2. The molecule has 6 rings (SSSR count). The molecule has 1 aliphatic heterocycles. The van der Waals surface area contributed by atoms with E-state index in [4.69, 9.17) is 23.7 Å². The summed E-state index contributed by atoms with van der Waals surface area (Å²) in [7, 11) is 3.09. The van der Waals surface area contributed by atoms with Crippen molar-refractivity contribution in [3.63, 3.8) is 0 Å². The lowest BCUT2D eigenvalue weighted by Crippen LogP contribution is -2.65. The zero-order chi connectivity index (χ0) is 36.1. The molecule has 0 spiro atoms. The van der Waals surface area contributed by atoms with E-state index < -0.39 is 83.7 Å². The van der Waals surface area contributed by atoms with Gasteiger partial charge in [0, 0.05) is 49.9 Å². The third-order valence-corrected chi connectivity index (χ3v) is 11.4. The second kappa shape index (κ2) is 13.8. The van der Waals surface area contributed by atoms with Gasteiger partial charge in [-0.2, -0.15) is 0 Å². The number of aliphatic hydroxyl groups is 2. The summed E-state index contributed by atoms with van der Waals surface area (Å²) in [5.74, 6) is -6.53. The number of carbonyl (C=O) groups excluding carboxylic acids is 4. The number of fused-ring (bicyclic) bond motifs is 6. The molecule has 4 aliphatic rings. The average molecular weight is 696 g/mol. The number of hydrogen-bond donors (Lipinski definition) is 3. The lowest BCUT2D eigenvalue weighted by Gasteiger charge is -2.61. The van der Waals surface area contributed by atoms with Crippen LogP contribution in [0.5, 0.6) is 0 Å². The van der Waals surface area contributed by atoms with Crippen molar-refractivity contribution in [3.8, 4) is 0 Å². The average Bonchev–Trinajstić information content (AvgIpc) is 3.80. The van der Waals surface area contributed by atoms with E-state index in [0.717, 1.165) is 0 Å². The summed E-state index contributed by atoms with van der Waals surface area (Å²) in [5.41, 5.74) is -0.0340. The van der Waals surface area contributed by atoms with Crippen molar-refractivity contribution in [2.75, 3.05) is 7.11 Å². The Kier molecular flexibility index (Phi) is 9.81. The van der Waals surface area contributed by atoms with E-state index in [-0.39, 0.29) is 30.8 Å². The predicted molar refractivity (Wildman–Crippen MR) is 173 cm³/mol. The largest absolute Gasteiger partial charge is 0.457 e. The Labute approximate surface area is 289 Å². The molecular weight excluding hydrogens is 650 g/mol. The van der Waals surface area contributed by atoms with Crippen LogP contribution in [0.25, 0.3) is 0 Å². The van der Waals surface area contributed by atoms with E-state index in [9.17, 15) is 29.4 Å². The van der Waals surface area contributed by atoms with Crippen LogP contribution in [0.15, 0.2) is 54.7 Å². The minimum Gasteiger partial charge on any atom is -0.457 e. The number of H-pyrrole nitrogens is 1. The minimum atomic E-state index is -1.51. The number of rotatable bonds is 7. The molecule has 0 bridgehead atoms. The summed E-state index contributed by atoms with van der Waals surface area (Å²) >= 11 is 0. The number of aryl methyl sites for hydroxylation is 1. The predicted octanol–water partition coefficient (Wildman–Crippen LogP) is 2.27. The molecule has 0 aromatic carbocycles. The molecule has 0 amide bonds. The van der Waals surface area contributed by atoms with E-state index in [1.54, 1.807) is 49.9 Å². The van der Waals surface area contributed by atoms with Gasteiger partial charge in [0.25, 0.3) is 0 Å². The normalized spacial score (nSPS) is 37.8. The quantitative estimate of drug-likeness (QED) is 0.166. The fourth-order valence-electron chi connectivity index (χ4n) is 8.74. The van der Waals surface area contributed by atoms with Gasteiger partial charge in [0.1, 0.15) is 30.6 Å². The molecule has 2 saturated carbocycles. The maximum absolute atomic E-state index is 13.5. The molecule has 0 saturated heterocycles. The molecule has 13 atom stereocenters. The summed E-state index contributed by atoms with van der Waals surface area (Å²) in [6.45, 7) is 6.73. The fraction of sp³-hybridized carbons (Fsp3) is 0.583. The lowest BCUT2D eigenvalue weighted by atomic mass is 9.46. The van der Waals surface area contributed by atoms with Crippen molar-refractivity contribution < 1.29 is 53.1 Å². The summed E-state index contributed by atoms with van der Waals surface area (Å²) in [6.07, 6.45) is 5.77. The third kappa shape index (κ3) is 6.07. The van der Waals surface area contributed by atoms with Crippen LogP contribution in [0.4, 0.5) is 0 Å². The highest BCUT2D eigenvalue weighted by molar-refractivity contribution is 6.29. The Morgan fingerprint density at radius 1 is 1.20 bits per heavy atom. The fourth-order valence-corrected chi connectivity index (χ4v) is 8.74. The van der Waals surface area contributed by atoms with Crippen LogP contribution in [-0.4, -0.2) is 91.9 Å². The smallest absolute Gasteiger partial charge is 0.417 e. The van der Waals surface area contributed by atoms with Crippen LogP contribution < -0.4 is 0 Å². The lowest BCUT2D eigenvalue weighted by molar-refractivity contribution is -0.190. The molecule has 14 heteroatoms. The van der Waals surface area contributed by atoms with Crippen LogP contribution >= 0.6 is 0 Å². The molecule has 3 aliphatic carbocycles. The molecule has 2 aromatic heterocycles. The molecule has 270 valence electrons.